The van der Waals surface area contributed by atoms with Crippen LogP contribution >= 0.6 is 22.7 Å². The monoisotopic (exact) mass is 307 g/mol. The average Bonchev–Trinajstić information content (AvgIpc) is 3.07. The van der Waals surface area contributed by atoms with Crippen molar-refractivity contribution in [3.63, 3.8) is 0 Å². The number of rotatable bonds is 2. The number of hydrogen-bond donors (Lipinski definition) is 0. The molecule has 3 rings (SSSR count). The predicted molar refractivity (Wildman–Crippen MR) is 81.6 cm³/mol. The summed E-state index contributed by atoms with van der Waals surface area (Å²) in [6.45, 7) is 5.60. The van der Waals surface area contributed by atoms with E-state index in [9.17, 15) is 4.79 Å². The highest BCUT2D eigenvalue weighted by Gasteiger charge is 2.28. The summed E-state index contributed by atoms with van der Waals surface area (Å²) in [6, 6.07) is 0. The summed E-state index contributed by atoms with van der Waals surface area (Å²) in [5.74, 6) is 0.516. The summed E-state index contributed by atoms with van der Waals surface area (Å²) >= 11 is 3.19. The fourth-order valence-corrected chi connectivity index (χ4v) is 4.24. The van der Waals surface area contributed by atoms with Crippen molar-refractivity contribution < 1.29 is 4.79 Å². The van der Waals surface area contributed by atoms with Crippen LogP contribution in [0, 0.1) is 13.8 Å². The van der Waals surface area contributed by atoms with E-state index in [0.29, 0.717) is 5.92 Å². The molecule has 1 fully saturated rings. The van der Waals surface area contributed by atoms with Crippen molar-refractivity contribution in [1.29, 1.82) is 0 Å². The zero-order chi connectivity index (χ0) is 14.1. The Kier molecular flexibility index (Phi) is 3.85. The van der Waals surface area contributed by atoms with Crippen molar-refractivity contribution in [2.24, 2.45) is 0 Å². The largest absolute Gasteiger partial charge is 0.337 e. The standard InChI is InChI=1S/C14H17N3OS2/c1-9-6-15-13(20-9)11-4-3-5-17(7-11)14(18)12-10(2)16-8-19-12/h6,8,11H,3-5,7H2,1-2H3. The molecule has 1 unspecified atom stereocenters. The fourth-order valence-electron chi connectivity index (χ4n) is 2.57. The number of aryl methyl sites for hydroxylation is 2. The van der Waals surface area contributed by atoms with Crippen LogP contribution in [0.3, 0.4) is 0 Å². The lowest BCUT2D eigenvalue weighted by atomic mass is 9.98. The summed E-state index contributed by atoms with van der Waals surface area (Å²) in [5, 5.41) is 1.17. The maximum Gasteiger partial charge on any atom is 0.265 e. The van der Waals surface area contributed by atoms with Crippen molar-refractivity contribution in [3.8, 4) is 0 Å². The molecule has 0 radical (unpaired) electrons. The zero-order valence-electron chi connectivity index (χ0n) is 11.6. The molecule has 1 aliphatic rings. The third kappa shape index (κ3) is 2.62. The normalized spacial score (nSPS) is 19.3. The Labute approximate surface area is 126 Å². The lowest BCUT2D eigenvalue weighted by Gasteiger charge is -2.31. The van der Waals surface area contributed by atoms with Crippen molar-refractivity contribution in [2.45, 2.75) is 32.6 Å². The molecule has 0 spiro atoms. The summed E-state index contributed by atoms with van der Waals surface area (Å²) in [4.78, 5) is 25.2. The van der Waals surface area contributed by atoms with Crippen molar-refractivity contribution in [3.05, 3.63) is 32.2 Å². The Morgan fingerprint density at radius 2 is 2.25 bits per heavy atom. The van der Waals surface area contributed by atoms with Gasteiger partial charge in [-0.2, -0.15) is 0 Å². The van der Waals surface area contributed by atoms with E-state index in [2.05, 4.69) is 16.9 Å². The number of carbonyl (C=O) groups is 1. The molecule has 2 aromatic rings. The van der Waals surface area contributed by atoms with Crippen LogP contribution in [-0.2, 0) is 0 Å². The molecule has 2 aromatic heterocycles. The number of aromatic nitrogens is 2. The topological polar surface area (TPSA) is 46.1 Å². The number of amides is 1. The molecule has 0 aliphatic carbocycles. The maximum absolute atomic E-state index is 12.5. The third-order valence-corrected chi connectivity index (χ3v) is 5.63. The lowest BCUT2D eigenvalue weighted by Crippen LogP contribution is -2.39. The first kappa shape index (κ1) is 13.7. The maximum atomic E-state index is 12.5. The number of likely N-dealkylation sites (tertiary alicyclic amines) is 1. The smallest absolute Gasteiger partial charge is 0.265 e. The number of nitrogens with zero attached hydrogens (tertiary/aromatic N) is 3. The van der Waals surface area contributed by atoms with Gasteiger partial charge in [-0.15, -0.1) is 22.7 Å². The second-order valence-electron chi connectivity index (χ2n) is 5.17. The molecular weight excluding hydrogens is 290 g/mol. The molecular formula is C14H17N3OS2. The Morgan fingerprint density at radius 3 is 2.90 bits per heavy atom. The number of carbonyl (C=O) groups excluding carboxylic acids is 1. The summed E-state index contributed by atoms with van der Waals surface area (Å²) in [6.07, 6.45) is 4.10. The van der Waals surface area contributed by atoms with Crippen LogP contribution in [-0.4, -0.2) is 33.9 Å². The molecule has 0 N–H and O–H groups in total. The van der Waals surface area contributed by atoms with Crippen LogP contribution in [0.2, 0.25) is 0 Å². The van der Waals surface area contributed by atoms with Crippen LogP contribution in [0.15, 0.2) is 11.7 Å². The van der Waals surface area contributed by atoms with Crippen molar-refractivity contribution in [2.75, 3.05) is 13.1 Å². The Bertz CT molecular complexity index is 619. The van der Waals surface area contributed by atoms with Gasteiger partial charge in [0.1, 0.15) is 4.88 Å². The van der Waals surface area contributed by atoms with Gasteiger partial charge >= 0.3 is 0 Å². The van der Waals surface area contributed by atoms with Crippen LogP contribution in [0.1, 0.15) is 44.0 Å². The van der Waals surface area contributed by atoms with Crippen molar-refractivity contribution >= 4 is 28.6 Å². The van der Waals surface area contributed by atoms with Gasteiger partial charge in [-0.25, -0.2) is 9.97 Å². The Morgan fingerprint density at radius 1 is 1.40 bits per heavy atom. The average molecular weight is 307 g/mol. The lowest BCUT2D eigenvalue weighted by molar-refractivity contribution is 0.0711. The first-order valence-corrected chi connectivity index (χ1v) is 8.46. The highest BCUT2D eigenvalue weighted by Crippen LogP contribution is 2.30. The van der Waals surface area contributed by atoms with Gasteiger partial charge in [0, 0.05) is 30.1 Å². The minimum Gasteiger partial charge on any atom is -0.337 e. The van der Waals surface area contributed by atoms with E-state index in [-0.39, 0.29) is 5.91 Å². The van der Waals surface area contributed by atoms with Gasteiger partial charge in [-0.1, -0.05) is 0 Å². The highest BCUT2D eigenvalue weighted by molar-refractivity contribution is 7.12. The quantitative estimate of drug-likeness (QED) is 0.855. The van der Waals surface area contributed by atoms with E-state index in [0.717, 1.165) is 36.5 Å². The molecule has 20 heavy (non-hydrogen) atoms. The molecule has 0 aromatic carbocycles. The summed E-state index contributed by atoms with van der Waals surface area (Å²) < 4.78 is 0. The Hall–Kier alpha value is -1.27. The van der Waals surface area contributed by atoms with Gasteiger partial charge < -0.3 is 4.90 Å². The number of hydrogen-bond acceptors (Lipinski definition) is 5. The van der Waals surface area contributed by atoms with E-state index in [1.54, 1.807) is 16.8 Å². The first-order chi connectivity index (χ1) is 9.65. The van der Waals surface area contributed by atoms with Gasteiger partial charge in [0.25, 0.3) is 5.91 Å². The molecule has 1 saturated heterocycles. The molecule has 3 heterocycles. The van der Waals surface area contributed by atoms with Crippen LogP contribution in [0.4, 0.5) is 0 Å². The molecule has 1 aliphatic heterocycles. The van der Waals surface area contributed by atoms with Crippen LogP contribution < -0.4 is 0 Å². The van der Waals surface area contributed by atoms with Gasteiger partial charge in [0.05, 0.1) is 16.2 Å². The van der Waals surface area contributed by atoms with Gasteiger partial charge in [-0.05, 0) is 26.7 Å². The molecule has 6 heteroatoms. The fraction of sp³-hybridized carbons (Fsp3) is 0.500. The van der Waals surface area contributed by atoms with E-state index < -0.39 is 0 Å². The van der Waals surface area contributed by atoms with Crippen LogP contribution in [0.5, 0.6) is 0 Å². The third-order valence-electron chi connectivity index (χ3n) is 3.64. The molecule has 4 nitrogen and oxygen atoms in total. The molecule has 106 valence electrons. The van der Waals surface area contributed by atoms with Gasteiger partial charge in [0.15, 0.2) is 0 Å². The van der Waals surface area contributed by atoms with Crippen molar-refractivity contribution in [1.82, 2.24) is 14.9 Å². The highest BCUT2D eigenvalue weighted by atomic mass is 32.1. The SMILES string of the molecule is Cc1cnc(C2CCCN(C(=O)c3scnc3C)C2)s1. The van der Waals surface area contributed by atoms with E-state index >= 15 is 0 Å². The molecule has 1 amide bonds. The predicted octanol–water partition coefficient (Wildman–Crippen LogP) is 3.24. The van der Waals surface area contributed by atoms with Gasteiger partial charge in [-0.3, -0.25) is 4.79 Å². The number of thiazole rings is 2. The Balaban J connectivity index is 1.75. The zero-order valence-corrected chi connectivity index (χ0v) is 13.3. The second-order valence-corrected chi connectivity index (χ2v) is 7.29. The van der Waals surface area contributed by atoms with Gasteiger partial charge in [0.2, 0.25) is 0 Å². The molecule has 1 atom stereocenters. The first-order valence-electron chi connectivity index (χ1n) is 6.77. The van der Waals surface area contributed by atoms with Crippen LogP contribution in [0.25, 0.3) is 0 Å². The second kappa shape index (κ2) is 5.61. The minimum absolute atomic E-state index is 0.128. The summed E-state index contributed by atoms with van der Waals surface area (Å²) in [5.41, 5.74) is 2.58. The van der Waals surface area contributed by atoms with E-state index in [4.69, 9.17) is 0 Å². The number of piperidine rings is 1. The molecule has 0 saturated carbocycles. The minimum atomic E-state index is 0.128. The molecule has 0 bridgehead atoms. The van der Waals surface area contributed by atoms with E-state index in [1.165, 1.54) is 21.2 Å². The summed E-state index contributed by atoms with van der Waals surface area (Å²) in [7, 11) is 0. The van der Waals surface area contributed by atoms with E-state index in [1.807, 2.05) is 18.0 Å².